The maximum atomic E-state index is 13.4. The summed E-state index contributed by atoms with van der Waals surface area (Å²) >= 11 is 0. The van der Waals surface area contributed by atoms with Crippen LogP contribution in [0.15, 0.2) is 47.4 Å². The number of aliphatic carboxylic acids is 1. The molecule has 1 N–H and O–H groups in total. The van der Waals surface area contributed by atoms with Crippen LogP contribution in [0.4, 0.5) is 17.6 Å². The molecule has 2 aromatic carbocycles. The molecular formula is C18H16F4O5S. The molecule has 0 aliphatic rings. The maximum Gasteiger partial charge on any atom is 0.417 e. The molecule has 2 aromatic rings. The zero-order valence-electron chi connectivity index (χ0n) is 14.7. The summed E-state index contributed by atoms with van der Waals surface area (Å²) in [6.45, 7) is 2.29. The monoisotopic (exact) mass is 420 g/mol. The van der Waals surface area contributed by atoms with Crippen LogP contribution in [0.2, 0.25) is 0 Å². The van der Waals surface area contributed by atoms with E-state index in [1.165, 1.54) is 6.92 Å². The summed E-state index contributed by atoms with van der Waals surface area (Å²) in [6, 6.07) is 6.34. The summed E-state index contributed by atoms with van der Waals surface area (Å²) in [4.78, 5) is 10.8. The van der Waals surface area contributed by atoms with E-state index in [0.717, 1.165) is 43.3 Å². The van der Waals surface area contributed by atoms with E-state index in [1.807, 2.05) is 0 Å². The number of ether oxygens (including phenoxy) is 1. The van der Waals surface area contributed by atoms with Crippen LogP contribution in [0, 0.1) is 5.82 Å². The molecule has 0 spiro atoms. The molecule has 152 valence electrons. The van der Waals surface area contributed by atoms with Crippen molar-refractivity contribution in [2.45, 2.75) is 30.5 Å². The van der Waals surface area contributed by atoms with Crippen LogP contribution >= 0.6 is 0 Å². The second kappa shape index (κ2) is 7.42. The Morgan fingerprint density at radius 2 is 1.68 bits per heavy atom. The molecule has 5 nitrogen and oxygen atoms in total. The minimum absolute atomic E-state index is 0.0137. The Bertz CT molecular complexity index is 984. The Balaban J connectivity index is 2.58. The van der Waals surface area contributed by atoms with Gasteiger partial charge in [0.05, 0.1) is 16.2 Å². The van der Waals surface area contributed by atoms with E-state index in [-0.39, 0.29) is 5.56 Å². The predicted octanol–water partition coefficient (Wildman–Crippen LogP) is 4.02. The zero-order valence-corrected chi connectivity index (χ0v) is 15.6. The molecule has 0 bridgehead atoms. The van der Waals surface area contributed by atoms with Crippen molar-refractivity contribution in [1.82, 2.24) is 0 Å². The molecule has 0 aliphatic heterocycles. The number of halogens is 4. The van der Waals surface area contributed by atoms with Crippen LogP contribution in [0.25, 0.3) is 0 Å². The normalized spacial score (nSPS) is 14.4. The summed E-state index contributed by atoms with van der Waals surface area (Å²) < 4.78 is 82.5. The average molecular weight is 420 g/mol. The van der Waals surface area contributed by atoms with E-state index in [4.69, 9.17) is 4.74 Å². The molecule has 0 saturated carbocycles. The predicted molar refractivity (Wildman–Crippen MR) is 91.2 cm³/mol. The van der Waals surface area contributed by atoms with Crippen molar-refractivity contribution in [2.75, 3.05) is 5.75 Å². The molecule has 1 unspecified atom stereocenters. The molecule has 28 heavy (non-hydrogen) atoms. The standard InChI is InChI=1S/C18H16F4O5S/c1-3-28(25,26)15-9-8-13(10-14(15)18(20,21)22)27-17(2,16(23)24)11-4-6-12(19)7-5-11/h4-10H,3H2,1-2H3,(H,23,24). The quantitative estimate of drug-likeness (QED) is 0.714. The van der Waals surface area contributed by atoms with Crippen molar-refractivity contribution in [1.29, 1.82) is 0 Å². The van der Waals surface area contributed by atoms with E-state index in [1.54, 1.807) is 0 Å². The van der Waals surface area contributed by atoms with Crippen LogP contribution in [0.3, 0.4) is 0 Å². The van der Waals surface area contributed by atoms with Gasteiger partial charge in [0.2, 0.25) is 5.60 Å². The maximum absolute atomic E-state index is 13.4. The van der Waals surface area contributed by atoms with Gasteiger partial charge in [-0.05, 0) is 37.3 Å². The molecule has 0 amide bonds. The number of sulfone groups is 1. The van der Waals surface area contributed by atoms with Gasteiger partial charge in [0, 0.05) is 5.56 Å². The molecule has 2 rings (SSSR count). The summed E-state index contributed by atoms with van der Waals surface area (Å²) in [5, 5.41) is 9.53. The van der Waals surface area contributed by atoms with Crippen LogP contribution in [-0.4, -0.2) is 25.2 Å². The van der Waals surface area contributed by atoms with E-state index in [9.17, 15) is 35.9 Å². The summed E-state index contributed by atoms with van der Waals surface area (Å²) in [5.74, 6) is -3.21. The highest BCUT2D eigenvalue weighted by atomic mass is 32.2. The van der Waals surface area contributed by atoms with Crippen molar-refractivity contribution in [3.63, 3.8) is 0 Å². The number of carboxylic acid groups (broad SMARTS) is 1. The smallest absolute Gasteiger partial charge is 0.417 e. The van der Waals surface area contributed by atoms with Crippen molar-refractivity contribution in [2.24, 2.45) is 0 Å². The van der Waals surface area contributed by atoms with Gasteiger partial charge in [0.25, 0.3) is 0 Å². The topological polar surface area (TPSA) is 80.7 Å². The minimum atomic E-state index is -5.01. The fraction of sp³-hybridized carbons (Fsp3) is 0.278. The first-order chi connectivity index (χ1) is 12.8. The Hall–Kier alpha value is -2.62. The highest BCUT2D eigenvalue weighted by Crippen LogP contribution is 2.38. The number of carboxylic acids is 1. The van der Waals surface area contributed by atoms with Gasteiger partial charge in [-0.15, -0.1) is 0 Å². The Morgan fingerprint density at radius 1 is 1.11 bits per heavy atom. The number of alkyl halides is 3. The average Bonchev–Trinajstić information content (AvgIpc) is 2.61. The Kier molecular flexibility index (Phi) is 5.74. The number of hydrogen-bond donors (Lipinski definition) is 1. The first-order valence-corrected chi connectivity index (χ1v) is 9.59. The van der Waals surface area contributed by atoms with Crippen LogP contribution in [0.5, 0.6) is 5.75 Å². The largest absolute Gasteiger partial charge is 0.478 e. The lowest BCUT2D eigenvalue weighted by Crippen LogP contribution is -2.38. The molecule has 0 radical (unpaired) electrons. The first-order valence-electron chi connectivity index (χ1n) is 7.93. The summed E-state index contributed by atoms with van der Waals surface area (Å²) in [7, 11) is -4.18. The second-order valence-corrected chi connectivity index (χ2v) is 8.25. The number of hydrogen-bond acceptors (Lipinski definition) is 4. The van der Waals surface area contributed by atoms with E-state index in [0.29, 0.717) is 6.07 Å². The van der Waals surface area contributed by atoms with E-state index >= 15 is 0 Å². The van der Waals surface area contributed by atoms with Gasteiger partial charge < -0.3 is 9.84 Å². The summed E-state index contributed by atoms with van der Waals surface area (Å²) in [6.07, 6.45) is -5.01. The van der Waals surface area contributed by atoms with E-state index < -0.39 is 55.4 Å². The molecule has 0 aliphatic carbocycles. The molecule has 0 heterocycles. The highest BCUT2D eigenvalue weighted by molar-refractivity contribution is 7.91. The van der Waals surface area contributed by atoms with Crippen molar-refractivity contribution in [3.8, 4) is 5.75 Å². The number of benzene rings is 2. The van der Waals surface area contributed by atoms with Gasteiger partial charge in [0.15, 0.2) is 9.84 Å². The molecule has 0 fully saturated rings. The van der Waals surface area contributed by atoms with Crippen molar-refractivity contribution < 1.29 is 40.6 Å². The van der Waals surface area contributed by atoms with Gasteiger partial charge in [-0.25, -0.2) is 17.6 Å². The van der Waals surface area contributed by atoms with Crippen LogP contribution in [-0.2, 0) is 26.4 Å². The van der Waals surface area contributed by atoms with Gasteiger partial charge in [-0.3, -0.25) is 0 Å². The lowest BCUT2D eigenvalue weighted by atomic mass is 9.95. The first kappa shape index (κ1) is 21.7. The number of carbonyl (C=O) groups is 1. The third-order valence-electron chi connectivity index (χ3n) is 4.10. The molecule has 10 heteroatoms. The lowest BCUT2D eigenvalue weighted by molar-refractivity contribution is -0.154. The van der Waals surface area contributed by atoms with Crippen LogP contribution in [0.1, 0.15) is 25.0 Å². The van der Waals surface area contributed by atoms with Gasteiger partial charge >= 0.3 is 12.1 Å². The fourth-order valence-electron chi connectivity index (χ4n) is 2.45. The lowest BCUT2D eigenvalue weighted by Gasteiger charge is -2.27. The molecule has 0 aromatic heterocycles. The van der Waals surface area contributed by atoms with Crippen LogP contribution < -0.4 is 4.74 Å². The highest BCUT2D eigenvalue weighted by Gasteiger charge is 2.40. The van der Waals surface area contributed by atoms with Crippen molar-refractivity contribution >= 4 is 15.8 Å². The van der Waals surface area contributed by atoms with Crippen molar-refractivity contribution in [3.05, 3.63) is 59.4 Å². The van der Waals surface area contributed by atoms with Gasteiger partial charge in [-0.1, -0.05) is 19.1 Å². The third-order valence-corrected chi connectivity index (χ3v) is 5.88. The fourth-order valence-corrected chi connectivity index (χ4v) is 3.55. The Labute approximate surface area is 158 Å². The molecular weight excluding hydrogens is 404 g/mol. The minimum Gasteiger partial charge on any atom is -0.478 e. The zero-order chi connectivity index (χ0) is 21.3. The van der Waals surface area contributed by atoms with E-state index in [2.05, 4.69) is 0 Å². The second-order valence-electron chi connectivity index (χ2n) is 6.01. The van der Waals surface area contributed by atoms with Gasteiger partial charge in [0.1, 0.15) is 11.6 Å². The molecule has 0 saturated heterocycles. The SMILES string of the molecule is CCS(=O)(=O)c1ccc(OC(C)(C(=O)O)c2ccc(F)cc2)cc1C(F)(F)F. The number of rotatable bonds is 6. The summed E-state index contributed by atoms with van der Waals surface area (Å²) in [5.41, 5.74) is -3.61. The van der Waals surface area contributed by atoms with Gasteiger partial charge in [-0.2, -0.15) is 13.2 Å². The third kappa shape index (κ3) is 4.27. The Morgan fingerprint density at radius 3 is 2.14 bits per heavy atom. The molecule has 1 atom stereocenters.